The lowest BCUT2D eigenvalue weighted by Gasteiger charge is -2.18. The lowest BCUT2D eigenvalue weighted by atomic mass is 10.1. The summed E-state index contributed by atoms with van der Waals surface area (Å²) in [5, 5.41) is 3.28. The van der Waals surface area contributed by atoms with E-state index < -0.39 is 0 Å². The number of rotatable bonds is 6. The van der Waals surface area contributed by atoms with E-state index in [9.17, 15) is 4.79 Å². The molecule has 1 aliphatic carbocycles. The zero-order chi connectivity index (χ0) is 11.5. The van der Waals surface area contributed by atoms with Crippen LogP contribution in [0.15, 0.2) is 12.5 Å². The highest BCUT2D eigenvalue weighted by molar-refractivity contribution is 5.74. The Morgan fingerprint density at radius 1 is 1.75 bits per heavy atom. The highest BCUT2D eigenvalue weighted by Gasteiger charge is 2.28. The van der Waals surface area contributed by atoms with Crippen LogP contribution >= 0.6 is 0 Å². The molecule has 0 aromatic carbocycles. The van der Waals surface area contributed by atoms with Crippen molar-refractivity contribution in [2.45, 2.75) is 38.3 Å². The largest absolute Gasteiger partial charge is 0.370 e. The maximum atomic E-state index is 11.0. The summed E-state index contributed by atoms with van der Waals surface area (Å²) < 4.78 is 2.16. The fourth-order valence-corrected chi connectivity index (χ4v) is 1.97. The smallest absolute Gasteiger partial charge is 0.219 e. The third-order valence-corrected chi connectivity index (χ3v) is 2.85. The summed E-state index contributed by atoms with van der Waals surface area (Å²) in [4.78, 5) is 15.2. The molecule has 0 bridgehead atoms. The van der Waals surface area contributed by atoms with E-state index in [1.54, 1.807) is 0 Å². The Balaban J connectivity index is 2.16. The van der Waals surface area contributed by atoms with E-state index >= 15 is 0 Å². The van der Waals surface area contributed by atoms with Crippen molar-refractivity contribution in [1.29, 1.82) is 0 Å². The van der Waals surface area contributed by atoms with E-state index in [0.29, 0.717) is 12.5 Å². The van der Waals surface area contributed by atoms with Gasteiger partial charge in [-0.1, -0.05) is 6.92 Å². The summed E-state index contributed by atoms with van der Waals surface area (Å²) in [6.07, 6.45) is 6.41. The van der Waals surface area contributed by atoms with Gasteiger partial charge in [0.05, 0.1) is 18.1 Å². The van der Waals surface area contributed by atoms with Gasteiger partial charge in [0.15, 0.2) is 0 Å². The average Bonchev–Trinajstić information content (AvgIpc) is 2.95. The Bertz CT molecular complexity index is 370. The summed E-state index contributed by atoms with van der Waals surface area (Å²) in [7, 11) is 0. The number of imidazole rings is 1. The number of carbonyl (C=O) groups excluding carboxylic acids is 1. The Labute approximate surface area is 95.0 Å². The van der Waals surface area contributed by atoms with Crippen molar-refractivity contribution in [3.05, 3.63) is 18.2 Å². The molecule has 1 fully saturated rings. The zero-order valence-corrected chi connectivity index (χ0v) is 9.52. The monoisotopic (exact) mass is 222 g/mol. The minimum atomic E-state index is -0.283. The highest BCUT2D eigenvalue weighted by atomic mass is 16.1. The summed E-state index contributed by atoms with van der Waals surface area (Å²) >= 11 is 0. The van der Waals surface area contributed by atoms with Gasteiger partial charge in [-0.3, -0.25) is 4.79 Å². The van der Waals surface area contributed by atoms with Crippen LogP contribution in [0.3, 0.4) is 0 Å². The lowest BCUT2D eigenvalue weighted by Crippen LogP contribution is -2.28. The minimum absolute atomic E-state index is 0.00870. The number of nitrogens with zero attached hydrogens (tertiary/aromatic N) is 2. The van der Waals surface area contributed by atoms with Gasteiger partial charge in [-0.2, -0.15) is 0 Å². The highest BCUT2D eigenvalue weighted by Crippen LogP contribution is 2.37. The molecule has 3 N–H and O–H groups in total. The first-order valence-electron chi connectivity index (χ1n) is 5.75. The number of hydrogen-bond acceptors (Lipinski definition) is 3. The molecule has 16 heavy (non-hydrogen) atoms. The molecule has 1 heterocycles. The van der Waals surface area contributed by atoms with Crippen molar-refractivity contribution >= 4 is 5.91 Å². The van der Waals surface area contributed by atoms with Crippen molar-refractivity contribution in [3.8, 4) is 0 Å². The third kappa shape index (κ3) is 2.41. The van der Waals surface area contributed by atoms with Crippen LogP contribution in [0.25, 0.3) is 0 Å². The Kier molecular flexibility index (Phi) is 3.24. The molecule has 5 heteroatoms. The maximum absolute atomic E-state index is 11.0. The van der Waals surface area contributed by atoms with Crippen LogP contribution in [0.5, 0.6) is 0 Å². The number of amides is 1. The standard InChI is InChI=1S/C11H18N4O/c1-2-14-9(5-11(12)16)10-6-13-7-15(10)8-3-4-8/h6-9,14H,2-5H2,1H3,(H2,12,16). The molecule has 1 unspecified atom stereocenters. The van der Waals surface area contributed by atoms with Crippen molar-refractivity contribution in [1.82, 2.24) is 14.9 Å². The van der Waals surface area contributed by atoms with Gasteiger partial charge >= 0.3 is 0 Å². The van der Waals surface area contributed by atoms with Crippen LogP contribution in [-0.4, -0.2) is 22.0 Å². The summed E-state index contributed by atoms with van der Waals surface area (Å²) in [5.74, 6) is -0.283. The molecule has 0 aliphatic heterocycles. The van der Waals surface area contributed by atoms with Gasteiger partial charge < -0.3 is 15.6 Å². The number of carbonyl (C=O) groups is 1. The van der Waals surface area contributed by atoms with E-state index in [0.717, 1.165) is 12.2 Å². The van der Waals surface area contributed by atoms with Crippen LogP contribution in [-0.2, 0) is 4.79 Å². The van der Waals surface area contributed by atoms with E-state index in [1.165, 1.54) is 12.8 Å². The summed E-state index contributed by atoms with van der Waals surface area (Å²) in [5.41, 5.74) is 6.34. The molecular weight excluding hydrogens is 204 g/mol. The van der Waals surface area contributed by atoms with Crippen LogP contribution in [0.1, 0.15) is 44.0 Å². The molecule has 2 rings (SSSR count). The molecule has 1 aromatic heterocycles. The van der Waals surface area contributed by atoms with Gasteiger partial charge in [0.2, 0.25) is 5.91 Å². The van der Waals surface area contributed by atoms with Crippen molar-refractivity contribution in [2.75, 3.05) is 6.54 Å². The fourth-order valence-electron chi connectivity index (χ4n) is 1.97. The third-order valence-electron chi connectivity index (χ3n) is 2.85. The van der Waals surface area contributed by atoms with Gasteiger partial charge in [0, 0.05) is 18.7 Å². The SMILES string of the molecule is CCNC(CC(N)=O)c1cncn1C1CC1. The fraction of sp³-hybridized carbons (Fsp3) is 0.636. The molecule has 1 atom stereocenters. The van der Waals surface area contributed by atoms with E-state index in [4.69, 9.17) is 5.73 Å². The van der Waals surface area contributed by atoms with Gasteiger partial charge in [-0.15, -0.1) is 0 Å². The van der Waals surface area contributed by atoms with Crippen LogP contribution < -0.4 is 11.1 Å². The molecule has 5 nitrogen and oxygen atoms in total. The number of nitrogens with two attached hydrogens (primary N) is 1. The predicted octanol–water partition coefficient (Wildman–Crippen LogP) is 0.744. The molecular formula is C11H18N4O. The van der Waals surface area contributed by atoms with Gasteiger partial charge in [0.25, 0.3) is 0 Å². The number of nitrogens with one attached hydrogen (secondary N) is 1. The second-order valence-electron chi connectivity index (χ2n) is 4.24. The van der Waals surface area contributed by atoms with Gasteiger partial charge in [0.1, 0.15) is 0 Å². The second-order valence-corrected chi connectivity index (χ2v) is 4.24. The Morgan fingerprint density at radius 3 is 3.06 bits per heavy atom. The van der Waals surface area contributed by atoms with E-state index in [1.807, 2.05) is 19.4 Å². The van der Waals surface area contributed by atoms with Crippen LogP contribution in [0.2, 0.25) is 0 Å². The normalized spacial score (nSPS) is 17.3. The molecule has 0 radical (unpaired) electrons. The molecule has 0 spiro atoms. The number of primary amides is 1. The predicted molar refractivity (Wildman–Crippen MR) is 60.7 cm³/mol. The van der Waals surface area contributed by atoms with Crippen molar-refractivity contribution < 1.29 is 4.79 Å². The molecule has 1 amide bonds. The van der Waals surface area contributed by atoms with E-state index in [-0.39, 0.29) is 11.9 Å². The first kappa shape index (κ1) is 11.1. The Morgan fingerprint density at radius 2 is 2.50 bits per heavy atom. The number of hydrogen-bond donors (Lipinski definition) is 2. The quantitative estimate of drug-likeness (QED) is 0.745. The summed E-state index contributed by atoms with van der Waals surface area (Å²) in [6.45, 7) is 2.83. The topological polar surface area (TPSA) is 72.9 Å². The first-order chi connectivity index (χ1) is 7.72. The minimum Gasteiger partial charge on any atom is -0.370 e. The van der Waals surface area contributed by atoms with E-state index in [2.05, 4.69) is 14.9 Å². The van der Waals surface area contributed by atoms with Crippen LogP contribution in [0, 0.1) is 0 Å². The maximum Gasteiger partial charge on any atom is 0.219 e. The molecule has 1 saturated carbocycles. The first-order valence-corrected chi connectivity index (χ1v) is 5.75. The van der Waals surface area contributed by atoms with Crippen molar-refractivity contribution in [2.24, 2.45) is 5.73 Å². The zero-order valence-electron chi connectivity index (χ0n) is 9.52. The molecule has 0 saturated heterocycles. The van der Waals surface area contributed by atoms with Gasteiger partial charge in [-0.25, -0.2) is 4.98 Å². The molecule has 1 aliphatic rings. The van der Waals surface area contributed by atoms with Crippen LogP contribution in [0.4, 0.5) is 0 Å². The second kappa shape index (κ2) is 4.65. The number of aromatic nitrogens is 2. The van der Waals surface area contributed by atoms with Crippen molar-refractivity contribution in [3.63, 3.8) is 0 Å². The average molecular weight is 222 g/mol. The Hall–Kier alpha value is -1.36. The lowest BCUT2D eigenvalue weighted by molar-refractivity contribution is -0.118. The van der Waals surface area contributed by atoms with Gasteiger partial charge in [-0.05, 0) is 19.4 Å². The molecule has 88 valence electrons. The molecule has 1 aromatic rings. The summed E-state index contributed by atoms with van der Waals surface area (Å²) in [6, 6.07) is 0.567.